The number of carbonyl (C=O) groups excluding carboxylic acids is 1. The Kier molecular flexibility index (Phi) is 5.41. The van der Waals surface area contributed by atoms with E-state index in [1.54, 1.807) is 0 Å². The normalized spacial score (nSPS) is 12.4. The lowest BCUT2D eigenvalue weighted by Gasteiger charge is -2.16. The molecule has 1 amide bonds. The van der Waals surface area contributed by atoms with E-state index < -0.39 is 0 Å². The van der Waals surface area contributed by atoms with Crippen LogP contribution in [-0.2, 0) is 6.42 Å². The van der Waals surface area contributed by atoms with Crippen LogP contribution in [0.2, 0.25) is 0 Å². The highest BCUT2D eigenvalue weighted by molar-refractivity contribution is 7.08. The minimum absolute atomic E-state index is 0.107. The zero-order valence-corrected chi connectivity index (χ0v) is 12.9. The molecule has 1 aromatic carbocycles. The van der Waals surface area contributed by atoms with Gasteiger partial charge in [0.25, 0.3) is 5.91 Å². The molecule has 0 saturated carbocycles. The Hall–Kier alpha value is -1.79. The highest BCUT2D eigenvalue weighted by atomic mass is 32.1. The van der Waals surface area contributed by atoms with Gasteiger partial charge in [0, 0.05) is 0 Å². The van der Waals surface area contributed by atoms with Gasteiger partial charge in [0.05, 0.1) is 18.3 Å². The Bertz CT molecular complexity index is 584. The average molecular weight is 305 g/mol. The Morgan fingerprint density at radius 1 is 1.33 bits per heavy atom. The van der Waals surface area contributed by atoms with Crippen molar-refractivity contribution < 1.29 is 9.90 Å². The second-order valence-electron chi connectivity index (χ2n) is 5.18. The summed E-state index contributed by atoms with van der Waals surface area (Å²) in [5.41, 5.74) is 1.78. The van der Waals surface area contributed by atoms with E-state index in [1.165, 1.54) is 0 Å². The van der Waals surface area contributed by atoms with Crippen LogP contribution in [0.5, 0.6) is 0 Å². The summed E-state index contributed by atoms with van der Waals surface area (Å²) in [6.07, 6.45) is 0.590. The molecule has 0 radical (unpaired) electrons. The van der Waals surface area contributed by atoms with Crippen LogP contribution in [0.15, 0.2) is 30.3 Å². The van der Waals surface area contributed by atoms with Gasteiger partial charge < -0.3 is 10.4 Å². The molecule has 1 unspecified atom stereocenters. The molecule has 0 aliphatic heterocycles. The molecule has 5 nitrogen and oxygen atoms in total. The van der Waals surface area contributed by atoms with Crippen LogP contribution in [0.25, 0.3) is 0 Å². The molecule has 2 rings (SSSR count). The molecule has 2 N–H and O–H groups in total. The fourth-order valence-electron chi connectivity index (χ4n) is 2.04. The summed E-state index contributed by atoms with van der Waals surface area (Å²) in [5, 5.41) is 16.3. The molecule has 0 bridgehead atoms. The molecule has 0 aliphatic carbocycles. The fraction of sp³-hybridized carbons (Fsp3) is 0.400. The largest absolute Gasteiger partial charge is 0.394 e. The number of amides is 1. The third-order valence-electron chi connectivity index (χ3n) is 3.15. The molecule has 0 fully saturated rings. The van der Waals surface area contributed by atoms with E-state index in [-0.39, 0.29) is 24.5 Å². The summed E-state index contributed by atoms with van der Waals surface area (Å²) in [4.78, 5) is 12.8. The lowest BCUT2D eigenvalue weighted by atomic mass is 10.1. The van der Waals surface area contributed by atoms with Crippen LogP contribution in [0.3, 0.4) is 0 Å². The first-order valence-electron chi connectivity index (χ1n) is 6.89. The van der Waals surface area contributed by atoms with Crippen molar-refractivity contribution in [3.05, 3.63) is 46.5 Å². The Morgan fingerprint density at radius 3 is 2.67 bits per heavy atom. The van der Waals surface area contributed by atoms with Crippen LogP contribution in [0, 0.1) is 0 Å². The number of aliphatic hydroxyl groups is 1. The molecule has 2 aromatic rings. The molecule has 21 heavy (non-hydrogen) atoms. The lowest BCUT2D eigenvalue weighted by molar-refractivity contribution is 0.0919. The van der Waals surface area contributed by atoms with E-state index in [0.29, 0.717) is 17.0 Å². The molecular formula is C15H19N3O2S. The van der Waals surface area contributed by atoms with Gasteiger partial charge in [0.2, 0.25) is 0 Å². The van der Waals surface area contributed by atoms with Crippen molar-refractivity contribution >= 4 is 17.4 Å². The molecule has 112 valence electrons. The van der Waals surface area contributed by atoms with Crippen molar-refractivity contribution in [2.24, 2.45) is 0 Å². The number of rotatable bonds is 6. The van der Waals surface area contributed by atoms with Gasteiger partial charge in [0.15, 0.2) is 0 Å². The van der Waals surface area contributed by atoms with Crippen LogP contribution in [-0.4, -0.2) is 33.2 Å². The number of aromatic nitrogens is 2. The van der Waals surface area contributed by atoms with Crippen molar-refractivity contribution in [2.75, 3.05) is 6.61 Å². The Balaban J connectivity index is 2.04. The van der Waals surface area contributed by atoms with Crippen molar-refractivity contribution in [1.82, 2.24) is 14.9 Å². The van der Waals surface area contributed by atoms with E-state index in [4.69, 9.17) is 0 Å². The fourth-order valence-corrected chi connectivity index (χ4v) is 2.77. The van der Waals surface area contributed by atoms with E-state index in [2.05, 4.69) is 14.9 Å². The smallest absolute Gasteiger partial charge is 0.265 e. The second-order valence-corrected chi connectivity index (χ2v) is 5.94. The van der Waals surface area contributed by atoms with Crippen LogP contribution >= 0.6 is 11.5 Å². The van der Waals surface area contributed by atoms with E-state index in [1.807, 2.05) is 44.2 Å². The number of carbonyl (C=O) groups is 1. The zero-order valence-electron chi connectivity index (χ0n) is 12.1. The molecule has 1 heterocycles. The Labute approximate surface area is 128 Å². The number of benzene rings is 1. The van der Waals surface area contributed by atoms with Crippen molar-refractivity contribution in [3.63, 3.8) is 0 Å². The number of nitrogens with one attached hydrogen (secondary N) is 1. The van der Waals surface area contributed by atoms with Gasteiger partial charge in [-0.15, -0.1) is 5.10 Å². The van der Waals surface area contributed by atoms with E-state index >= 15 is 0 Å². The topological polar surface area (TPSA) is 75.1 Å². The maximum atomic E-state index is 12.3. The summed E-state index contributed by atoms with van der Waals surface area (Å²) in [6.45, 7) is 3.84. The van der Waals surface area contributed by atoms with Gasteiger partial charge in [-0.2, -0.15) is 0 Å². The Morgan fingerprint density at radius 2 is 2.05 bits per heavy atom. The average Bonchev–Trinajstić information content (AvgIpc) is 2.97. The molecule has 6 heteroatoms. The minimum Gasteiger partial charge on any atom is -0.394 e. The molecule has 0 saturated heterocycles. The van der Waals surface area contributed by atoms with Crippen LogP contribution in [0.1, 0.15) is 40.7 Å². The maximum absolute atomic E-state index is 12.3. The highest BCUT2D eigenvalue weighted by Gasteiger charge is 2.21. The first kappa shape index (κ1) is 15.6. The molecule has 0 spiro atoms. The first-order valence-corrected chi connectivity index (χ1v) is 7.67. The summed E-state index contributed by atoms with van der Waals surface area (Å²) in [5.74, 6) is -0.0742. The van der Waals surface area contributed by atoms with E-state index in [0.717, 1.165) is 17.1 Å². The summed E-state index contributed by atoms with van der Waals surface area (Å²) >= 11 is 1.09. The summed E-state index contributed by atoms with van der Waals surface area (Å²) < 4.78 is 3.85. The number of aliphatic hydroxyl groups excluding tert-OH is 1. The number of nitrogens with zero attached hydrogens (tertiary/aromatic N) is 2. The van der Waals surface area contributed by atoms with Crippen LogP contribution < -0.4 is 5.32 Å². The molecule has 1 atom stereocenters. The third kappa shape index (κ3) is 4.09. The SMILES string of the molecule is CC(C)c1nnsc1C(=O)NC(CO)Cc1ccccc1. The standard InChI is InChI=1S/C15H19N3O2S/c1-10(2)13-14(21-18-17-13)15(20)16-12(9-19)8-11-6-4-3-5-7-11/h3-7,10,12,19H,8-9H2,1-2H3,(H,16,20). The summed E-state index contributed by atoms with van der Waals surface area (Å²) in [7, 11) is 0. The van der Waals surface area contributed by atoms with Gasteiger partial charge >= 0.3 is 0 Å². The molecule has 0 aliphatic rings. The van der Waals surface area contributed by atoms with Gasteiger partial charge in [0.1, 0.15) is 4.88 Å². The quantitative estimate of drug-likeness (QED) is 0.856. The predicted octanol–water partition coefficient (Wildman–Crippen LogP) is 1.99. The molecular weight excluding hydrogens is 286 g/mol. The predicted molar refractivity (Wildman–Crippen MR) is 82.5 cm³/mol. The zero-order chi connectivity index (χ0) is 15.2. The van der Waals surface area contributed by atoms with Gasteiger partial charge in [-0.1, -0.05) is 48.7 Å². The third-order valence-corrected chi connectivity index (χ3v) is 3.89. The van der Waals surface area contributed by atoms with Gasteiger partial charge in [-0.25, -0.2) is 0 Å². The molecule has 1 aromatic heterocycles. The number of hydrogen-bond donors (Lipinski definition) is 2. The van der Waals surface area contributed by atoms with Gasteiger partial charge in [-0.3, -0.25) is 4.79 Å². The van der Waals surface area contributed by atoms with Gasteiger partial charge in [-0.05, 0) is 29.4 Å². The van der Waals surface area contributed by atoms with Crippen molar-refractivity contribution in [1.29, 1.82) is 0 Å². The van der Waals surface area contributed by atoms with Crippen molar-refractivity contribution in [3.8, 4) is 0 Å². The maximum Gasteiger partial charge on any atom is 0.265 e. The lowest BCUT2D eigenvalue weighted by Crippen LogP contribution is -2.39. The summed E-state index contributed by atoms with van der Waals surface area (Å²) in [6, 6.07) is 9.45. The highest BCUT2D eigenvalue weighted by Crippen LogP contribution is 2.19. The second kappa shape index (κ2) is 7.28. The first-order chi connectivity index (χ1) is 10.1. The van der Waals surface area contributed by atoms with Crippen LogP contribution in [0.4, 0.5) is 0 Å². The minimum atomic E-state index is -0.318. The monoisotopic (exact) mass is 305 g/mol. The van der Waals surface area contributed by atoms with E-state index in [9.17, 15) is 9.90 Å². The van der Waals surface area contributed by atoms with Crippen molar-refractivity contribution in [2.45, 2.75) is 32.2 Å². The number of hydrogen-bond acceptors (Lipinski definition) is 5.